The molecule has 2 aliphatic rings. The molecule has 22 heavy (non-hydrogen) atoms. The number of halogens is 2. The molecule has 3 atom stereocenters. The average molecular weight is 378 g/mol. The van der Waals surface area contributed by atoms with E-state index in [4.69, 9.17) is 16.3 Å². The van der Waals surface area contributed by atoms with Gasteiger partial charge in [-0.1, -0.05) is 39.7 Å². The fourth-order valence-corrected chi connectivity index (χ4v) is 4.13. The van der Waals surface area contributed by atoms with Crippen LogP contribution in [0.2, 0.25) is 5.02 Å². The van der Waals surface area contributed by atoms with Crippen LogP contribution in [0.15, 0.2) is 46.9 Å². The van der Waals surface area contributed by atoms with Gasteiger partial charge in [-0.2, -0.15) is 0 Å². The second-order valence-corrected chi connectivity index (χ2v) is 7.85. The van der Waals surface area contributed by atoms with E-state index in [9.17, 15) is 0 Å². The number of fused-ring (bicyclic) bond motifs is 1. The molecule has 0 aromatic heterocycles. The van der Waals surface area contributed by atoms with Crippen molar-refractivity contribution in [3.05, 3.63) is 63.1 Å². The molecule has 114 valence electrons. The monoisotopic (exact) mass is 376 g/mol. The lowest BCUT2D eigenvalue weighted by Crippen LogP contribution is -2.13. The van der Waals surface area contributed by atoms with Crippen LogP contribution in [0.1, 0.15) is 30.4 Å². The van der Waals surface area contributed by atoms with Crippen LogP contribution in [0.4, 0.5) is 0 Å². The summed E-state index contributed by atoms with van der Waals surface area (Å²) >= 11 is 9.76. The number of hydrogen-bond donors (Lipinski definition) is 0. The molecule has 2 aliphatic carbocycles. The molecule has 0 bridgehead atoms. The van der Waals surface area contributed by atoms with Crippen molar-refractivity contribution in [1.29, 1.82) is 0 Å². The number of hydrogen-bond acceptors (Lipinski definition) is 1. The Bertz CT molecular complexity index is 672. The Kier molecular flexibility index (Phi) is 3.91. The van der Waals surface area contributed by atoms with Crippen LogP contribution in [0, 0.1) is 11.8 Å². The van der Waals surface area contributed by atoms with E-state index >= 15 is 0 Å². The molecule has 4 rings (SSSR count). The first-order valence-electron chi connectivity index (χ1n) is 7.87. The van der Waals surface area contributed by atoms with Crippen LogP contribution in [0.25, 0.3) is 0 Å². The highest BCUT2D eigenvalue weighted by molar-refractivity contribution is 9.10. The lowest BCUT2D eigenvalue weighted by Gasteiger charge is -2.15. The molecule has 0 heterocycles. The lowest BCUT2D eigenvalue weighted by molar-refractivity contribution is 0.194. The van der Waals surface area contributed by atoms with Crippen molar-refractivity contribution in [2.45, 2.75) is 31.8 Å². The first-order valence-corrected chi connectivity index (χ1v) is 9.04. The summed E-state index contributed by atoms with van der Waals surface area (Å²) in [6.07, 6.45) is 5.22. The second-order valence-electron chi connectivity index (χ2n) is 6.52. The molecule has 0 aliphatic heterocycles. The molecule has 0 saturated heterocycles. The lowest BCUT2D eigenvalue weighted by atomic mass is 10.0. The van der Waals surface area contributed by atoms with Gasteiger partial charge in [0.2, 0.25) is 0 Å². The van der Waals surface area contributed by atoms with Crippen molar-refractivity contribution in [3.8, 4) is 5.75 Å². The molecule has 0 amide bonds. The summed E-state index contributed by atoms with van der Waals surface area (Å²) in [4.78, 5) is 0. The van der Waals surface area contributed by atoms with Gasteiger partial charge in [0.15, 0.2) is 0 Å². The molecule has 2 aromatic rings. The van der Waals surface area contributed by atoms with E-state index < -0.39 is 0 Å². The first kappa shape index (κ1) is 14.6. The molecule has 3 heteroatoms. The summed E-state index contributed by atoms with van der Waals surface area (Å²) in [5.74, 6) is 2.92. The minimum atomic E-state index is 0.439. The van der Waals surface area contributed by atoms with Crippen molar-refractivity contribution in [2.24, 2.45) is 11.8 Å². The van der Waals surface area contributed by atoms with E-state index in [2.05, 4.69) is 46.3 Å². The molecular weight excluding hydrogens is 360 g/mol. The van der Waals surface area contributed by atoms with Crippen molar-refractivity contribution in [1.82, 2.24) is 0 Å². The molecule has 0 unspecified atom stereocenters. The van der Waals surface area contributed by atoms with E-state index in [1.54, 1.807) is 0 Å². The van der Waals surface area contributed by atoms with Crippen LogP contribution in [-0.2, 0) is 6.42 Å². The maximum Gasteiger partial charge on any atom is 0.119 e. The predicted molar refractivity (Wildman–Crippen MR) is 93.6 cm³/mol. The maximum absolute atomic E-state index is 6.26. The van der Waals surface area contributed by atoms with Crippen LogP contribution in [0.3, 0.4) is 0 Å². The molecule has 0 spiro atoms. The van der Waals surface area contributed by atoms with Gasteiger partial charge >= 0.3 is 0 Å². The van der Waals surface area contributed by atoms with Crippen LogP contribution in [0.5, 0.6) is 5.75 Å². The topological polar surface area (TPSA) is 9.23 Å². The minimum Gasteiger partial charge on any atom is -0.490 e. The van der Waals surface area contributed by atoms with E-state index in [1.807, 2.05) is 12.1 Å². The minimum absolute atomic E-state index is 0.439. The van der Waals surface area contributed by atoms with Crippen LogP contribution >= 0.6 is 27.5 Å². The summed E-state index contributed by atoms with van der Waals surface area (Å²) in [5, 5.41) is 0.814. The van der Waals surface area contributed by atoms with Crippen molar-refractivity contribution >= 4 is 27.5 Å². The van der Waals surface area contributed by atoms with Crippen LogP contribution in [-0.4, -0.2) is 6.10 Å². The van der Waals surface area contributed by atoms with Gasteiger partial charge in [0, 0.05) is 9.50 Å². The second kappa shape index (κ2) is 5.90. The predicted octanol–water partition coefficient (Wildman–Crippen LogP) is 5.87. The largest absolute Gasteiger partial charge is 0.490 e. The van der Waals surface area contributed by atoms with Gasteiger partial charge in [0.25, 0.3) is 0 Å². The molecule has 2 fully saturated rings. The maximum atomic E-state index is 6.26. The number of ether oxygens (including phenoxy) is 1. The summed E-state index contributed by atoms with van der Waals surface area (Å²) in [6.45, 7) is 0. The number of rotatable bonds is 4. The van der Waals surface area contributed by atoms with E-state index in [0.29, 0.717) is 6.10 Å². The molecule has 1 nitrogen and oxygen atoms in total. The third kappa shape index (κ3) is 3.18. The zero-order valence-corrected chi connectivity index (χ0v) is 14.6. The normalized spacial score (nSPS) is 25.8. The van der Waals surface area contributed by atoms with Gasteiger partial charge in [-0.25, -0.2) is 0 Å². The van der Waals surface area contributed by atoms with E-state index in [1.165, 1.54) is 24.8 Å². The smallest absolute Gasteiger partial charge is 0.119 e. The van der Waals surface area contributed by atoms with Gasteiger partial charge < -0.3 is 4.74 Å². The van der Waals surface area contributed by atoms with Gasteiger partial charge in [0.1, 0.15) is 5.75 Å². The summed E-state index contributed by atoms with van der Waals surface area (Å²) in [5.41, 5.74) is 2.39. The quantitative estimate of drug-likeness (QED) is 0.647. The van der Waals surface area contributed by atoms with E-state index in [0.717, 1.165) is 39.1 Å². The van der Waals surface area contributed by atoms with Gasteiger partial charge in [-0.3, -0.25) is 0 Å². The zero-order valence-electron chi connectivity index (χ0n) is 12.3. The SMILES string of the molecule is Clc1ccc(Br)cc1Cc1ccc(O[C@H]2C[C@@H]3C[C@@H]3C2)cc1. The highest BCUT2D eigenvalue weighted by Gasteiger charge is 2.46. The van der Waals surface area contributed by atoms with Gasteiger partial charge in [-0.05, 0) is 79.0 Å². The molecular formula is C19H18BrClO. The summed E-state index contributed by atoms with van der Waals surface area (Å²) in [7, 11) is 0. The summed E-state index contributed by atoms with van der Waals surface area (Å²) in [6, 6.07) is 14.4. The Hall–Kier alpha value is -0.990. The Balaban J connectivity index is 1.41. The highest BCUT2D eigenvalue weighted by atomic mass is 79.9. The average Bonchev–Trinajstić information content (AvgIpc) is 3.12. The van der Waals surface area contributed by atoms with E-state index in [-0.39, 0.29) is 0 Å². The Labute approximate surface area is 144 Å². The van der Waals surface area contributed by atoms with Gasteiger partial charge in [-0.15, -0.1) is 0 Å². The number of benzene rings is 2. The highest BCUT2D eigenvalue weighted by Crippen LogP contribution is 2.52. The van der Waals surface area contributed by atoms with Gasteiger partial charge in [0.05, 0.1) is 6.10 Å². The van der Waals surface area contributed by atoms with Crippen molar-refractivity contribution in [3.63, 3.8) is 0 Å². The molecule has 0 radical (unpaired) electrons. The Morgan fingerprint density at radius 1 is 1.00 bits per heavy atom. The standard InChI is InChI=1S/C19H18BrClO/c20-16-3-6-19(21)15(9-16)7-12-1-4-17(5-2-12)22-18-10-13-8-14(13)11-18/h1-6,9,13-14,18H,7-8,10-11H2/t13-,14+,18-. The molecule has 2 aromatic carbocycles. The Morgan fingerprint density at radius 2 is 1.73 bits per heavy atom. The molecule has 0 N–H and O–H groups in total. The Morgan fingerprint density at radius 3 is 2.45 bits per heavy atom. The zero-order chi connectivity index (χ0) is 15.1. The fourth-order valence-electron chi connectivity index (χ4n) is 3.53. The third-order valence-corrected chi connectivity index (χ3v) is 5.69. The molecule has 2 saturated carbocycles. The van der Waals surface area contributed by atoms with Crippen molar-refractivity contribution in [2.75, 3.05) is 0 Å². The van der Waals surface area contributed by atoms with Crippen molar-refractivity contribution < 1.29 is 4.74 Å². The fraction of sp³-hybridized carbons (Fsp3) is 0.368. The van der Waals surface area contributed by atoms with Crippen LogP contribution < -0.4 is 4.74 Å². The first-order chi connectivity index (χ1) is 10.7. The third-order valence-electron chi connectivity index (χ3n) is 4.83. The summed E-state index contributed by atoms with van der Waals surface area (Å²) < 4.78 is 7.15.